The smallest absolute Gasteiger partial charge is 0.395 e. The fourth-order valence-corrected chi connectivity index (χ4v) is 64.5. The van der Waals surface area contributed by atoms with Gasteiger partial charge in [0.15, 0.2) is 33.3 Å². The van der Waals surface area contributed by atoms with Gasteiger partial charge in [0.25, 0.3) is 0 Å². The lowest BCUT2D eigenvalue weighted by atomic mass is 10.5. The van der Waals surface area contributed by atoms with Crippen molar-refractivity contribution in [2.75, 3.05) is 46.2 Å². The molecule has 0 amide bonds. The van der Waals surface area contributed by atoms with Gasteiger partial charge in [-0.1, -0.05) is 0 Å². The molecule has 0 aromatic rings. The third kappa shape index (κ3) is 33.9. The maximum atomic E-state index is 13.4. The highest BCUT2D eigenvalue weighted by Crippen LogP contribution is 2.49. The predicted molar refractivity (Wildman–Crippen MR) is 335 cm³/mol. The topological polar surface area (TPSA) is 648 Å². The number of rotatable bonds is 44. The van der Waals surface area contributed by atoms with Crippen LogP contribution in [0.4, 0.5) is 0 Å². The summed E-state index contributed by atoms with van der Waals surface area (Å²) in [5.74, 6) is 0. The Hall–Kier alpha value is 2.58. The van der Waals surface area contributed by atoms with Gasteiger partial charge in [0.1, 0.15) is 0 Å². The zero-order valence-electron chi connectivity index (χ0n) is 51.7. The van der Waals surface area contributed by atoms with Gasteiger partial charge in [0.05, 0.1) is 0 Å². The summed E-state index contributed by atoms with van der Waals surface area (Å²) >= 11 is 0. The van der Waals surface area contributed by atoms with Crippen molar-refractivity contribution >= 4 is 179 Å². The molecule has 6 bridgehead atoms. The highest BCUT2D eigenvalue weighted by Gasteiger charge is 2.87. The van der Waals surface area contributed by atoms with Gasteiger partial charge in [-0.3, -0.25) is 0 Å². The molecule has 64 heteroatoms. The lowest BCUT2D eigenvalue weighted by Gasteiger charge is -2.56. The van der Waals surface area contributed by atoms with Gasteiger partial charge in [-0.25, -0.2) is 0 Å². The monoisotopic (exact) mass is 1700 g/mol. The Kier molecular flexibility index (Phi) is 33.2. The van der Waals surface area contributed by atoms with Crippen molar-refractivity contribution in [2.45, 2.75) is 139 Å². The number of hydrogen-bond acceptors (Lipinski definition) is 44. The molecular weight excluding hydrogens is 1610 g/mol. The van der Waals surface area contributed by atoms with Gasteiger partial charge in [-0.05, 0) is 109 Å². The maximum Gasteiger partial charge on any atom is 0.665 e. The summed E-state index contributed by atoms with van der Waals surface area (Å²) in [5.41, 5.74) is 0. The van der Waals surface area contributed by atoms with Crippen LogP contribution in [0.5, 0.6) is 0 Å². The van der Waals surface area contributed by atoms with Gasteiger partial charge in [-0.15, -0.1) is 0 Å². The van der Waals surface area contributed by atoms with Crippen molar-refractivity contribution in [2.24, 2.45) is 0 Å². The summed E-state index contributed by atoms with van der Waals surface area (Å²) in [6.07, 6.45) is -2.12. The second-order valence-corrected chi connectivity index (χ2v) is 73.4. The summed E-state index contributed by atoms with van der Waals surface area (Å²) in [5, 5.41) is 0. The summed E-state index contributed by atoms with van der Waals surface area (Å²) in [7, 11) is -98.4. The average molecular weight is 1700 g/mol. The standard InChI is InChI=1S/C29H88O44Si20/c1-78(2,21-13-25-85(45,46)47)61-91-60-77(55-15-10-22-82(36,37)38)59-90(62-79(3,4)26-19-53-75(32)33)67-88(58-18-12-24-84(42,43)44)65-87(51,56-17-11-23-83(39,40)41)66-92(72-91,64-81(7,8)28-29-86(48,49)50)73-93(70-88,63-80(5,6)27-20-54-76(34)35)71-89(68-90,69-91)57-16-9-14-52-74(30)31/h30-51H,9-29H2,1-8H3. The quantitative estimate of drug-likeness (QED) is 0.0199. The van der Waals surface area contributed by atoms with Gasteiger partial charge in [0, 0.05) is 76.5 Å². The molecule has 0 aliphatic carbocycles. The fraction of sp³-hybridized carbons (Fsp3) is 1.00. The van der Waals surface area contributed by atoms with E-state index in [2.05, 4.69) is 0 Å². The van der Waals surface area contributed by atoms with Crippen molar-refractivity contribution in [3.8, 4) is 0 Å². The van der Waals surface area contributed by atoms with Crippen LogP contribution in [0.2, 0.25) is 107 Å². The van der Waals surface area contributed by atoms with E-state index in [0.717, 1.165) is 0 Å². The molecule has 4 saturated heterocycles. The number of hydrogen-bond donors (Lipinski definition) is 22. The molecule has 548 valence electrons. The van der Waals surface area contributed by atoms with Gasteiger partial charge < -0.3 is 198 Å². The van der Waals surface area contributed by atoms with Crippen molar-refractivity contribution in [1.82, 2.24) is 0 Å². The van der Waals surface area contributed by atoms with Gasteiger partial charge in [-0.2, -0.15) is 0 Å². The molecule has 0 saturated carbocycles. The zero-order chi connectivity index (χ0) is 70.7. The summed E-state index contributed by atoms with van der Waals surface area (Å²) in [6, 6.07) is -4.91. The Labute approximate surface area is 558 Å². The van der Waals surface area contributed by atoms with Crippen LogP contribution in [0.25, 0.3) is 0 Å². The van der Waals surface area contributed by atoms with Crippen LogP contribution in [-0.4, -0.2) is 330 Å². The highest BCUT2D eigenvalue weighted by atomic mass is 28.6. The number of fused-ring (bicyclic) bond motifs is 4. The molecule has 4 rings (SSSR count). The molecule has 4 heterocycles. The van der Waals surface area contributed by atoms with Crippen molar-refractivity contribution in [3.63, 3.8) is 0 Å². The van der Waals surface area contributed by atoms with E-state index < -0.39 is 281 Å². The molecule has 93 heavy (non-hydrogen) atoms. The second kappa shape index (κ2) is 35.1. The minimum atomic E-state index is -6.35. The van der Waals surface area contributed by atoms with E-state index in [1.54, 1.807) is 0 Å². The predicted octanol–water partition coefficient (Wildman–Crippen LogP) is -10.3. The minimum absolute atomic E-state index is 0.203. The molecule has 4 radical (unpaired) electrons. The highest BCUT2D eigenvalue weighted by molar-refractivity contribution is 6.99. The van der Waals surface area contributed by atoms with E-state index >= 15 is 0 Å². The van der Waals surface area contributed by atoms with Crippen LogP contribution in [0, 0.1) is 0 Å². The first kappa shape index (κ1) is 88.0. The van der Waals surface area contributed by atoms with E-state index in [9.17, 15) is 106 Å². The summed E-state index contributed by atoms with van der Waals surface area (Å²) in [6.45, 7) is 6.89. The van der Waals surface area contributed by atoms with Crippen LogP contribution in [-0.2, 0) is 92.7 Å². The molecule has 0 spiro atoms. The molecule has 4 fully saturated rings. The van der Waals surface area contributed by atoms with Crippen molar-refractivity contribution in [3.05, 3.63) is 0 Å². The van der Waals surface area contributed by atoms with Crippen LogP contribution in [0.15, 0.2) is 0 Å². The molecule has 7 atom stereocenters. The van der Waals surface area contributed by atoms with Crippen LogP contribution < -0.4 is 0 Å². The van der Waals surface area contributed by atoms with Crippen LogP contribution >= 0.6 is 0 Å². The van der Waals surface area contributed by atoms with Crippen LogP contribution in [0.3, 0.4) is 0 Å². The molecule has 7 unspecified atom stereocenters. The first-order chi connectivity index (χ1) is 42.1. The van der Waals surface area contributed by atoms with Gasteiger partial charge >= 0.3 is 145 Å². The van der Waals surface area contributed by atoms with E-state index in [4.69, 9.17) is 92.7 Å². The van der Waals surface area contributed by atoms with Crippen molar-refractivity contribution < 1.29 is 198 Å². The molecular formula is C29H88O44Si20. The zero-order valence-corrected chi connectivity index (χ0v) is 71.7. The maximum absolute atomic E-state index is 13.4. The van der Waals surface area contributed by atoms with Crippen molar-refractivity contribution in [1.29, 1.82) is 0 Å². The molecule has 22 N–H and O–H groups in total. The van der Waals surface area contributed by atoms with E-state index in [1.165, 1.54) is 52.4 Å². The average Bonchev–Trinajstić information content (AvgIpc) is 0.699. The first-order valence-electron chi connectivity index (χ1n) is 28.2. The normalized spacial score (nSPS) is 28.5. The Morgan fingerprint density at radius 3 is 1.03 bits per heavy atom. The third-order valence-electron chi connectivity index (χ3n) is 12.1. The van der Waals surface area contributed by atoms with E-state index in [1.807, 2.05) is 0 Å². The Balaban J connectivity index is 2.39. The Morgan fingerprint density at radius 2 is 0.602 bits per heavy atom. The fourth-order valence-electron chi connectivity index (χ4n) is 8.01. The molecule has 4 aliphatic rings. The molecule has 44 nitrogen and oxygen atoms in total. The molecule has 0 aromatic carbocycles. The third-order valence-corrected chi connectivity index (χ3v) is 61.2. The largest absolute Gasteiger partial charge is 0.665 e. The minimum Gasteiger partial charge on any atom is -0.395 e. The molecule has 4 aliphatic heterocycles. The summed E-state index contributed by atoms with van der Waals surface area (Å²) < 4.78 is 145. The van der Waals surface area contributed by atoms with Crippen LogP contribution in [0.1, 0.15) is 32.1 Å². The SMILES string of the molecule is C[Si](C)(CCO[Si](O)O)O[Si]12O[Si](OCCC[Si](O)(O)O)O[Si]3(O[Si](C)(C)CCC[Si](O)(O)O)O[Si]4(O[Si](C)(C)CC[Si](O)(O)O)O[Si](O)(OCCC[Si](O)(O)O)O[Si](OCCC[Si](O)(O)O)(O1)O[Si](O[Si](C)(C)CCO[Si](O)O)(O4)O[Si](OCCCO[Si](O)O)(O2)O3. The van der Waals surface area contributed by atoms with E-state index in [0.29, 0.717) is 0 Å². The lowest BCUT2D eigenvalue weighted by molar-refractivity contribution is -0.121. The van der Waals surface area contributed by atoms with E-state index in [-0.39, 0.29) is 31.0 Å². The Morgan fingerprint density at radius 1 is 0.301 bits per heavy atom. The first-order valence-corrected chi connectivity index (χ1v) is 67.5. The lowest BCUT2D eigenvalue weighted by Crippen LogP contribution is -2.88. The van der Waals surface area contributed by atoms with Gasteiger partial charge in [0.2, 0.25) is 0 Å². The second-order valence-electron chi connectivity index (χ2n) is 23.5. The Bertz CT molecular complexity index is 2260. The molecule has 0 aromatic heterocycles. The summed E-state index contributed by atoms with van der Waals surface area (Å²) in [4.78, 5) is 225.